The van der Waals surface area contributed by atoms with E-state index in [0.29, 0.717) is 47.7 Å². The number of hydrogen-bond donors (Lipinski definition) is 2. The van der Waals surface area contributed by atoms with Crippen molar-refractivity contribution in [2.45, 2.75) is 18.4 Å². The lowest BCUT2D eigenvalue weighted by atomic mass is 9.84. The normalized spacial score (nSPS) is 15.4. The number of pyridine rings is 1. The quantitative estimate of drug-likeness (QED) is 0.226. The number of aromatic carboxylic acids is 1. The maximum absolute atomic E-state index is 13.3. The Morgan fingerprint density at radius 3 is 2.39 bits per heavy atom. The Morgan fingerprint density at radius 1 is 1.05 bits per heavy atom. The van der Waals surface area contributed by atoms with E-state index >= 15 is 0 Å². The third-order valence-corrected chi connectivity index (χ3v) is 8.66. The van der Waals surface area contributed by atoms with Crippen LogP contribution >= 0.6 is 22.9 Å². The van der Waals surface area contributed by atoms with Crippen molar-refractivity contribution in [2.75, 3.05) is 18.0 Å². The van der Waals surface area contributed by atoms with E-state index in [9.17, 15) is 29.9 Å². The minimum atomic E-state index is -1.38. The highest BCUT2D eigenvalue weighted by Gasteiger charge is 2.36. The largest absolute Gasteiger partial charge is 0.477 e. The Bertz CT molecular complexity index is 1840. The Morgan fingerprint density at radius 2 is 1.74 bits per heavy atom. The van der Waals surface area contributed by atoms with Crippen LogP contribution in [0.1, 0.15) is 28.8 Å². The number of aromatic nitrogens is 1. The van der Waals surface area contributed by atoms with Gasteiger partial charge in [0.2, 0.25) is 5.43 Å². The van der Waals surface area contributed by atoms with Gasteiger partial charge in [0.25, 0.3) is 5.69 Å². The highest BCUT2D eigenvalue weighted by Crippen LogP contribution is 2.40. The van der Waals surface area contributed by atoms with Crippen molar-refractivity contribution in [1.29, 1.82) is 0 Å². The Labute approximate surface area is 223 Å². The molecule has 38 heavy (non-hydrogen) atoms. The molecule has 6 rings (SSSR count). The number of rotatable bonds is 4. The molecule has 0 aliphatic carbocycles. The summed E-state index contributed by atoms with van der Waals surface area (Å²) in [7, 11) is 0. The summed E-state index contributed by atoms with van der Waals surface area (Å²) in [6.07, 6.45) is 0.664. The average molecular weight is 550 g/mol. The van der Waals surface area contributed by atoms with Crippen LogP contribution in [-0.4, -0.2) is 38.6 Å². The number of halogens is 1. The molecule has 3 heterocycles. The van der Waals surface area contributed by atoms with Crippen LogP contribution in [0, 0.1) is 10.1 Å². The summed E-state index contributed by atoms with van der Waals surface area (Å²) in [4.78, 5) is 39.1. The van der Waals surface area contributed by atoms with Gasteiger partial charge in [0.1, 0.15) is 16.1 Å². The first-order valence-corrected chi connectivity index (χ1v) is 13.0. The molecular formula is C27H20ClN3O6S. The summed E-state index contributed by atoms with van der Waals surface area (Å²) in [5.74, 6) is -1.38. The molecule has 1 fully saturated rings. The molecule has 0 radical (unpaired) electrons. The van der Waals surface area contributed by atoms with E-state index in [2.05, 4.69) is 0 Å². The number of anilines is 1. The van der Waals surface area contributed by atoms with Crippen molar-refractivity contribution in [3.8, 4) is 0 Å². The van der Waals surface area contributed by atoms with Crippen LogP contribution in [0.3, 0.4) is 0 Å². The Balaban J connectivity index is 1.53. The van der Waals surface area contributed by atoms with Crippen LogP contribution in [0.5, 0.6) is 0 Å². The first-order chi connectivity index (χ1) is 18.2. The minimum absolute atomic E-state index is 0.0337. The average Bonchev–Trinajstić information content (AvgIpc) is 3.27. The van der Waals surface area contributed by atoms with Crippen LogP contribution in [0.25, 0.3) is 25.9 Å². The van der Waals surface area contributed by atoms with Crippen molar-refractivity contribution >= 4 is 66.2 Å². The van der Waals surface area contributed by atoms with Gasteiger partial charge in [0.05, 0.1) is 31.6 Å². The molecule has 2 N–H and O–H groups in total. The zero-order valence-electron chi connectivity index (χ0n) is 19.8. The molecule has 1 aliphatic heterocycles. The maximum Gasteiger partial charge on any atom is 0.342 e. The number of nitro groups is 1. The van der Waals surface area contributed by atoms with Crippen molar-refractivity contribution < 1.29 is 19.9 Å². The minimum Gasteiger partial charge on any atom is -0.477 e. The van der Waals surface area contributed by atoms with E-state index < -0.39 is 27.5 Å². The number of aliphatic hydroxyl groups is 1. The lowest BCUT2D eigenvalue weighted by Gasteiger charge is -2.39. The van der Waals surface area contributed by atoms with E-state index in [1.807, 2.05) is 29.2 Å². The monoisotopic (exact) mass is 549 g/mol. The molecular weight excluding hydrogens is 530 g/mol. The van der Waals surface area contributed by atoms with Gasteiger partial charge in [-0.1, -0.05) is 35.9 Å². The number of carboxylic acids is 1. The van der Waals surface area contributed by atoms with Gasteiger partial charge >= 0.3 is 5.97 Å². The van der Waals surface area contributed by atoms with Gasteiger partial charge in [-0.3, -0.25) is 19.3 Å². The molecule has 0 atom stereocenters. The van der Waals surface area contributed by atoms with Crippen molar-refractivity contribution in [2.24, 2.45) is 0 Å². The van der Waals surface area contributed by atoms with Crippen LogP contribution in [-0.2, 0) is 5.60 Å². The van der Waals surface area contributed by atoms with Crippen molar-refractivity contribution in [1.82, 2.24) is 4.40 Å². The van der Waals surface area contributed by atoms with Crippen LogP contribution in [0.4, 0.5) is 11.4 Å². The number of hydrogen-bond acceptors (Lipinski definition) is 7. The standard InChI is InChI=1S/C27H20ClN3O6S/c28-16-7-5-15(6-8-16)27(35)9-11-29(12-10-27)20-14-19-17(13-21(20)31(36)37)24(32)23(26(33)34)25-30(19)18-3-1-2-4-22(18)38-25/h1-8,13-14,35H,9-12H2,(H,33,34). The summed E-state index contributed by atoms with van der Waals surface area (Å²) in [5, 5.41) is 33.8. The molecule has 1 saturated heterocycles. The molecule has 0 amide bonds. The number of fused-ring (bicyclic) bond motifs is 5. The fourth-order valence-corrected chi connectivity index (χ4v) is 6.62. The number of benzene rings is 3. The lowest BCUT2D eigenvalue weighted by Crippen LogP contribution is -2.42. The molecule has 0 saturated carbocycles. The highest BCUT2D eigenvalue weighted by molar-refractivity contribution is 7.24. The van der Waals surface area contributed by atoms with Gasteiger partial charge in [0, 0.05) is 24.2 Å². The summed E-state index contributed by atoms with van der Waals surface area (Å²) in [6.45, 7) is 0.669. The topological polar surface area (TPSA) is 125 Å². The summed E-state index contributed by atoms with van der Waals surface area (Å²) in [6, 6.07) is 17.1. The van der Waals surface area contributed by atoms with Gasteiger partial charge in [-0.05, 0) is 48.7 Å². The van der Waals surface area contributed by atoms with E-state index in [0.717, 1.165) is 10.3 Å². The third kappa shape index (κ3) is 3.72. The van der Waals surface area contributed by atoms with Gasteiger partial charge < -0.3 is 15.1 Å². The predicted octanol–water partition coefficient (Wildman–Crippen LogP) is 5.42. The molecule has 0 spiro atoms. The zero-order valence-corrected chi connectivity index (χ0v) is 21.3. The fourth-order valence-electron chi connectivity index (χ4n) is 5.31. The Kier molecular flexibility index (Phi) is 5.64. The number of para-hydroxylation sites is 1. The highest BCUT2D eigenvalue weighted by atomic mass is 35.5. The van der Waals surface area contributed by atoms with Gasteiger partial charge in [-0.2, -0.15) is 0 Å². The second kappa shape index (κ2) is 8.80. The summed E-state index contributed by atoms with van der Waals surface area (Å²) >= 11 is 7.18. The number of carbonyl (C=O) groups is 1. The molecule has 11 heteroatoms. The number of nitro benzene ring substituents is 1. The van der Waals surface area contributed by atoms with Gasteiger partial charge in [-0.25, -0.2) is 4.79 Å². The predicted molar refractivity (Wildman–Crippen MR) is 147 cm³/mol. The van der Waals surface area contributed by atoms with E-state index in [1.54, 1.807) is 34.7 Å². The number of carboxylic acid groups (broad SMARTS) is 1. The van der Waals surface area contributed by atoms with Gasteiger partial charge in [-0.15, -0.1) is 11.3 Å². The van der Waals surface area contributed by atoms with Crippen molar-refractivity contribution in [3.05, 3.63) is 97.2 Å². The molecule has 3 aromatic carbocycles. The van der Waals surface area contributed by atoms with E-state index in [4.69, 9.17) is 11.6 Å². The second-order valence-corrected chi connectivity index (χ2v) is 10.8. The first-order valence-electron chi connectivity index (χ1n) is 11.8. The second-order valence-electron chi connectivity index (χ2n) is 9.36. The van der Waals surface area contributed by atoms with Crippen LogP contribution in [0.2, 0.25) is 5.02 Å². The maximum atomic E-state index is 13.3. The molecule has 192 valence electrons. The molecule has 9 nitrogen and oxygen atoms in total. The molecule has 0 bridgehead atoms. The van der Waals surface area contributed by atoms with E-state index in [-0.39, 0.29) is 15.9 Å². The third-order valence-electron chi connectivity index (χ3n) is 7.26. The van der Waals surface area contributed by atoms with Crippen LogP contribution < -0.4 is 10.3 Å². The van der Waals surface area contributed by atoms with Gasteiger partial charge in [0.15, 0.2) is 0 Å². The molecule has 0 unspecified atom stereocenters. The SMILES string of the molecule is O=C(O)c1c(=O)c2cc([N+](=O)[O-])c(N3CCC(O)(c4ccc(Cl)cc4)CC3)cc2n2c1sc1ccccc12. The molecule has 5 aromatic rings. The number of thiazole rings is 1. The number of nitrogens with zero attached hydrogens (tertiary/aromatic N) is 3. The lowest BCUT2D eigenvalue weighted by molar-refractivity contribution is -0.384. The van der Waals surface area contributed by atoms with Crippen LogP contribution in [0.15, 0.2) is 65.5 Å². The Hall–Kier alpha value is -3.99. The van der Waals surface area contributed by atoms with E-state index in [1.165, 1.54) is 17.4 Å². The smallest absolute Gasteiger partial charge is 0.342 e. The first kappa shape index (κ1) is 24.4. The summed E-state index contributed by atoms with van der Waals surface area (Å²) in [5.41, 5.74) is -0.418. The zero-order chi connectivity index (χ0) is 26.8. The van der Waals surface area contributed by atoms with Crippen molar-refractivity contribution in [3.63, 3.8) is 0 Å². The summed E-state index contributed by atoms with van der Waals surface area (Å²) < 4.78 is 2.48. The molecule has 2 aromatic heterocycles. The molecule has 1 aliphatic rings. The number of piperidine rings is 1. The fraction of sp³-hybridized carbons (Fsp3) is 0.185.